The highest BCUT2D eigenvalue weighted by Gasteiger charge is 2.03. The Bertz CT molecular complexity index is 876. The third-order valence-electron chi connectivity index (χ3n) is 3.38. The summed E-state index contributed by atoms with van der Waals surface area (Å²) in [6.07, 6.45) is 1.57. The van der Waals surface area contributed by atoms with Gasteiger partial charge in [0, 0.05) is 10.2 Å². The van der Waals surface area contributed by atoms with E-state index in [0.29, 0.717) is 0 Å². The number of halogens is 1. The van der Waals surface area contributed by atoms with Crippen molar-refractivity contribution < 1.29 is 9.63 Å². The van der Waals surface area contributed by atoms with Gasteiger partial charge in [0.2, 0.25) is 0 Å². The molecular formula is C19H15BrN2O2. The maximum Gasteiger partial charge on any atom is 0.265 e. The molecule has 0 aliphatic carbocycles. The second-order valence-electron chi connectivity index (χ2n) is 5.17. The van der Waals surface area contributed by atoms with Gasteiger partial charge in [-0.3, -0.25) is 4.79 Å². The minimum Gasteiger partial charge on any atom is -0.386 e. The molecule has 0 bridgehead atoms. The van der Waals surface area contributed by atoms with E-state index < -0.39 is 0 Å². The summed E-state index contributed by atoms with van der Waals surface area (Å²) in [4.78, 5) is 16.9. The summed E-state index contributed by atoms with van der Waals surface area (Å²) in [6, 6.07) is 21.4. The molecule has 0 atom stereocenters. The Hall–Kier alpha value is -2.66. The number of rotatable bonds is 5. The molecule has 0 radical (unpaired) electrons. The second kappa shape index (κ2) is 7.75. The molecule has 0 aliphatic rings. The van der Waals surface area contributed by atoms with E-state index in [4.69, 9.17) is 4.84 Å². The fourth-order valence-corrected chi connectivity index (χ4v) is 2.47. The molecule has 1 N–H and O–H groups in total. The largest absolute Gasteiger partial charge is 0.386 e. The Balaban J connectivity index is 1.52. The van der Waals surface area contributed by atoms with Crippen LogP contribution >= 0.6 is 15.9 Å². The van der Waals surface area contributed by atoms with Gasteiger partial charge >= 0.3 is 0 Å². The number of benzene rings is 3. The molecule has 1 amide bonds. The minimum atomic E-state index is -0.252. The van der Waals surface area contributed by atoms with Crippen LogP contribution < -0.4 is 5.32 Å². The van der Waals surface area contributed by atoms with E-state index >= 15 is 0 Å². The number of carbonyl (C=O) groups is 1. The quantitative estimate of drug-likeness (QED) is 0.518. The molecular weight excluding hydrogens is 368 g/mol. The average Bonchev–Trinajstić information content (AvgIpc) is 2.60. The first kappa shape index (κ1) is 16.2. The first-order valence-corrected chi connectivity index (χ1v) is 8.19. The summed E-state index contributed by atoms with van der Waals surface area (Å²) >= 11 is 3.36. The lowest BCUT2D eigenvalue weighted by Crippen LogP contribution is -2.16. The molecule has 24 heavy (non-hydrogen) atoms. The van der Waals surface area contributed by atoms with E-state index in [-0.39, 0.29) is 12.5 Å². The second-order valence-corrected chi connectivity index (χ2v) is 6.09. The molecule has 0 saturated carbocycles. The molecule has 120 valence electrons. The van der Waals surface area contributed by atoms with Gasteiger partial charge in [0.15, 0.2) is 6.61 Å². The van der Waals surface area contributed by atoms with Crippen LogP contribution in [0.2, 0.25) is 0 Å². The average molecular weight is 383 g/mol. The van der Waals surface area contributed by atoms with Crippen LogP contribution in [-0.4, -0.2) is 18.7 Å². The van der Waals surface area contributed by atoms with E-state index in [1.807, 2.05) is 66.7 Å². The molecule has 0 aliphatic heterocycles. The van der Waals surface area contributed by atoms with Crippen LogP contribution in [0.15, 0.2) is 76.4 Å². The maximum absolute atomic E-state index is 11.9. The van der Waals surface area contributed by atoms with Gasteiger partial charge < -0.3 is 10.2 Å². The number of anilines is 1. The highest BCUT2D eigenvalue weighted by atomic mass is 79.9. The zero-order chi connectivity index (χ0) is 16.8. The highest BCUT2D eigenvalue weighted by Crippen LogP contribution is 2.18. The first-order valence-electron chi connectivity index (χ1n) is 7.40. The summed E-state index contributed by atoms with van der Waals surface area (Å²) < 4.78 is 0.996. The molecule has 3 rings (SSSR count). The van der Waals surface area contributed by atoms with E-state index in [1.54, 1.807) is 6.21 Å². The lowest BCUT2D eigenvalue weighted by atomic mass is 10.1. The molecule has 4 nitrogen and oxygen atoms in total. The molecule has 0 spiro atoms. The van der Waals surface area contributed by atoms with Crippen molar-refractivity contribution in [2.45, 2.75) is 0 Å². The zero-order valence-corrected chi connectivity index (χ0v) is 14.4. The van der Waals surface area contributed by atoms with Crippen LogP contribution in [0.5, 0.6) is 0 Å². The Kier molecular flexibility index (Phi) is 5.23. The Morgan fingerprint density at radius 3 is 2.58 bits per heavy atom. The third kappa shape index (κ3) is 4.43. The minimum absolute atomic E-state index is 0.139. The van der Waals surface area contributed by atoms with Crippen molar-refractivity contribution in [1.82, 2.24) is 0 Å². The standard InChI is InChI=1S/C19H15BrN2O2/c20-17-8-5-14(6-9-17)12-21-24-13-19(23)22-18-10-7-15-3-1-2-4-16(15)11-18/h1-12H,13H2,(H,22,23)/b21-12-. The van der Waals surface area contributed by atoms with Gasteiger partial charge in [0.1, 0.15) is 0 Å². The number of carbonyl (C=O) groups excluding carboxylic acids is 1. The molecule has 0 unspecified atom stereocenters. The van der Waals surface area contributed by atoms with Crippen molar-refractivity contribution in [2.24, 2.45) is 5.16 Å². The number of hydrogen-bond acceptors (Lipinski definition) is 3. The SMILES string of the molecule is O=C(CO/N=C\c1ccc(Br)cc1)Nc1ccc2ccccc2c1. The van der Waals surface area contributed by atoms with Crippen LogP contribution in [0, 0.1) is 0 Å². The normalized spacial score (nSPS) is 10.9. The lowest BCUT2D eigenvalue weighted by molar-refractivity contribution is -0.120. The zero-order valence-electron chi connectivity index (χ0n) is 12.8. The van der Waals surface area contributed by atoms with Gasteiger partial charge in [-0.1, -0.05) is 63.6 Å². The molecule has 0 heterocycles. The van der Waals surface area contributed by atoms with Gasteiger partial charge in [0.05, 0.1) is 6.21 Å². The van der Waals surface area contributed by atoms with Gasteiger partial charge in [-0.2, -0.15) is 0 Å². The van der Waals surface area contributed by atoms with Crippen molar-refractivity contribution in [1.29, 1.82) is 0 Å². The summed E-state index contributed by atoms with van der Waals surface area (Å²) in [5, 5.41) is 8.80. The lowest BCUT2D eigenvalue weighted by Gasteiger charge is -2.05. The summed E-state index contributed by atoms with van der Waals surface area (Å²) in [5.41, 5.74) is 1.63. The van der Waals surface area contributed by atoms with E-state index in [1.165, 1.54) is 0 Å². The number of oxime groups is 1. The third-order valence-corrected chi connectivity index (χ3v) is 3.90. The van der Waals surface area contributed by atoms with Crippen molar-refractivity contribution >= 4 is 44.5 Å². The fraction of sp³-hybridized carbons (Fsp3) is 0.0526. The van der Waals surface area contributed by atoms with Gasteiger partial charge in [-0.15, -0.1) is 0 Å². The molecule has 5 heteroatoms. The molecule has 0 fully saturated rings. The molecule has 3 aromatic rings. The Morgan fingerprint density at radius 2 is 1.79 bits per heavy atom. The smallest absolute Gasteiger partial charge is 0.265 e. The van der Waals surface area contributed by atoms with Gasteiger partial charge in [-0.25, -0.2) is 0 Å². The Labute approximate surface area is 148 Å². The van der Waals surface area contributed by atoms with Crippen LogP contribution in [0.25, 0.3) is 10.8 Å². The van der Waals surface area contributed by atoms with Crippen LogP contribution in [-0.2, 0) is 9.63 Å². The predicted octanol–water partition coefficient (Wildman–Crippen LogP) is 4.59. The van der Waals surface area contributed by atoms with Gasteiger partial charge in [-0.05, 0) is 40.6 Å². The van der Waals surface area contributed by atoms with E-state index in [0.717, 1.165) is 26.5 Å². The molecule has 0 saturated heterocycles. The summed E-state index contributed by atoms with van der Waals surface area (Å²) in [7, 11) is 0. The van der Waals surface area contributed by atoms with Crippen molar-refractivity contribution in [3.63, 3.8) is 0 Å². The molecule has 0 aromatic heterocycles. The highest BCUT2D eigenvalue weighted by molar-refractivity contribution is 9.10. The van der Waals surface area contributed by atoms with Gasteiger partial charge in [0.25, 0.3) is 5.91 Å². The number of amides is 1. The van der Waals surface area contributed by atoms with Crippen molar-refractivity contribution in [3.8, 4) is 0 Å². The maximum atomic E-state index is 11.9. The fourth-order valence-electron chi connectivity index (χ4n) is 2.21. The van der Waals surface area contributed by atoms with Crippen molar-refractivity contribution in [3.05, 3.63) is 76.8 Å². The molecule has 3 aromatic carbocycles. The Morgan fingerprint density at radius 1 is 1.04 bits per heavy atom. The van der Waals surface area contributed by atoms with Crippen molar-refractivity contribution in [2.75, 3.05) is 11.9 Å². The topological polar surface area (TPSA) is 50.7 Å². The summed E-state index contributed by atoms with van der Waals surface area (Å²) in [6.45, 7) is -0.139. The van der Waals surface area contributed by atoms with E-state index in [9.17, 15) is 4.79 Å². The number of fused-ring (bicyclic) bond motifs is 1. The number of nitrogens with one attached hydrogen (secondary N) is 1. The van der Waals surface area contributed by atoms with E-state index in [2.05, 4.69) is 26.4 Å². The monoisotopic (exact) mass is 382 g/mol. The summed E-state index contributed by atoms with van der Waals surface area (Å²) in [5.74, 6) is -0.252. The number of hydrogen-bond donors (Lipinski definition) is 1. The van der Waals surface area contributed by atoms with Crippen LogP contribution in [0.1, 0.15) is 5.56 Å². The van der Waals surface area contributed by atoms with Crippen LogP contribution in [0.3, 0.4) is 0 Å². The predicted molar refractivity (Wildman–Crippen MR) is 100 cm³/mol. The van der Waals surface area contributed by atoms with Crippen LogP contribution in [0.4, 0.5) is 5.69 Å². The first-order chi connectivity index (χ1) is 11.7. The number of nitrogens with zero attached hydrogens (tertiary/aromatic N) is 1.